The van der Waals surface area contributed by atoms with E-state index in [4.69, 9.17) is 23.7 Å². The first-order valence-electron chi connectivity index (χ1n) is 27.1. The van der Waals surface area contributed by atoms with Crippen LogP contribution < -0.4 is 41.4 Å². The van der Waals surface area contributed by atoms with Crippen molar-refractivity contribution in [3.63, 3.8) is 0 Å². The smallest absolute Gasteiger partial charge is 0.407 e. The van der Waals surface area contributed by atoms with Crippen LogP contribution in [-0.4, -0.2) is 124 Å². The Hall–Kier alpha value is -10.1. The molecule has 23 nitrogen and oxygen atoms in total. The number of pyridine rings is 2. The number of esters is 2. The van der Waals surface area contributed by atoms with Crippen molar-refractivity contribution in [2.75, 3.05) is 51.0 Å². The Balaban J connectivity index is 0.000000275. The van der Waals surface area contributed by atoms with E-state index in [1.165, 1.54) is 25.6 Å². The van der Waals surface area contributed by atoms with Crippen LogP contribution >= 0.6 is 11.3 Å². The van der Waals surface area contributed by atoms with Gasteiger partial charge in [0.05, 0.1) is 70.9 Å². The molecule has 0 aliphatic rings. The molecule has 0 aliphatic carbocycles. The summed E-state index contributed by atoms with van der Waals surface area (Å²) in [5.74, 6) is -1.17. The molecule has 0 fully saturated rings. The molecule has 5 aromatic heterocycles. The fourth-order valence-corrected chi connectivity index (χ4v) is 8.54. The molecule has 0 saturated carbocycles. The predicted octanol–water partition coefficient (Wildman–Crippen LogP) is 7.94. The Kier molecular flexibility index (Phi) is 24.7. The largest absolute Gasteiger partial charge is 0.473 e. The maximum Gasteiger partial charge on any atom is 0.407 e. The van der Waals surface area contributed by atoms with E-state index in [0.29, 0.717) is 77.6 Å². The summed E-state index contributed by atoms with van der Waals surface area (Å²) in [4.78, 5) is 102. The van der Waals surface area contributed by atoms with Crippen LogP contribution in [0.25, 0.3) is 12.2 Å². The molecular formula is C62H70N12O11S. The van der Waals surface area contributed by atoms with Gasteiger partial charge >= 0.3 is 18.0 Å². The molecule has 86 heavy (non-hydrogen) atoms. The van der Waals surface area contributed by atoms with Gasteiger partial charge in [0.15, 0.2) is 0 Å². The lowest BCUT2D eigenvalue weighted by atomic mass is 10.1. The number of hydrogen-bond donors (Lipinski definition) is 6. The van der Waals surface area contributed by atoms with Crippen LogP contribution in [0.5, 0.6) is 11.8 Å². The number of carbonyl (C=O) groups excluding carboxylic acids is 6. The van der Waals surface area contributed by atoms with E-state index in [9.17, 15) is 28.8 Å². The second kappa shape index (κ2) is 32.7. The number of rotatable bonds is 25. The molecule has 450 valence electrons. The lowest BCUT2D eigenvalue weighted by molar-refractivity contribution is -0.143. The fraction of sp³-hybridized carbons (Fsp3) is 0.290. The third kappa shape index (κ3) is 21.3. The quantitative estimate of drug-likeness (QED) is 0.0234. The van der Waals surface area contributed by atoms with Crippen molar-refractivity contribution in [2.24, 2.45) is 0 Å². The van der Waals surface area contributed by atoms with Gasteiger partial charge in [-0.25, -0.2) is 44.3 Å². The lowest BCUT2D eigenvalue weighted by Gasteiger charge is -2.22. The highest BCUT2D eigenvalue weighted by atomic mass is 32.1. The van der Waals surface area contributed by atoms with E-state index >= 15 is 0 Å². The zero-order chi connectivity index (χ0) is 62.0. The third-order valence-corrected chi connectivity index (χ3v) is 12.8. The Bertz CT molecular complexity index is 3420. The van der Waals surface area contributed by atoms with Crippen LogP contribution in [0, 0.1) is 27.7 Å². The number of nitrogens with zero attached hydrogens (tertiary/aromatic N) is 6. The van der Waals surface area contributed by atoms with Crippen molar-refractivity contribution in [3.05, 3.63) is 188 Å². The first-order chi connectivity index (χ1) is 41.3. The second-order valence-corrected chi connectivity index (χ2v) is 20.7. The predicted molar refractivity (Wildman–Crippen MR) is 326 cm³/mol. The van der Waals surface area contributed by atoms with Gasteiger partial charge in [0, 0.05) is 31.8 Å². The van der Waals surface area contributed by atoms with Gasteiger partial charge in [-0.05, 0) is 95.3 Å². The van der Waals surface area contributed by atoms with Crippen molar-refractivity contribution in [1.82, 2.24) is 51.2 Å². The summed E-state index contributed by atoms with van der Waals surface area (Å²) in [5, 5.41) is 18.3. The number of ether oxygens (including phenoxy) is 5. The van der Waals surface area contributed by atoms with Crippen LogP contribution in [-0.2, 0) is 37.0 Å². The SMILES string of the molecule is COC(=O)[C@H](CNC(=O)OC(C)(C)C)NC(=O)c1c(C)nc(NC/C=C/c2cccc(OCc3ccccc3)n2)nc1C.COC(=O)[C@H](CNC(=O)c1cccs1)NC(=O)c1c(C)nc(NC/C=C/c2cccc(OCc3ccccc3)n2)nc1C. The van der Waals surface area contributed by atoms with Gasteiger partial charge in [-0.2, -0.15) is 0 Å². The van der Waals surface area contributed by atoms with E-state index in [0.717, 1.165) is 22.5 Å². The molecule has 4 amide bonds. The summed E-state index contributed by atoms with van der Waals surface area (Å²) >= 11 is 1.27. The zero-order valence-corrected chi connectivity index (χ0v) is 50.1. The Labute approximate surface area is 502 Å². The van der Waals surface area contributed by atoms with Gasteiger partial charge in [0.25, 0.3) is 17.7 Å². The molecule has 24 heteroatoms. The van der Waals surface area contributed by atoms with E-state index < -0.39 is 47.5 Å². The van der Waals surface area contributed by atoms with E-state index in [-0.39, 0.29) is 30.1 Å². The molecule has 7 aromatic rings. The molecule has 0 bridgehead atoms. The summed E-state index contributed by atoms with van der Waals surface area (Å²) in [6.45, 7) is 13.2. The minimum Gasteiger partial charge on any atom is -0.473 e. The number of methoxy groups -OCH3 is 2. The average Bonchev–Trinajstić information content (AvgIpc) is 2.49. The molecule has 0 aliphatic heterocycles. The third-order valence-electron chi connectivity index (χ3n) is 11.9. The maximum atomic E-state index is 13.1. The minimum atomic E-state index is -1.15. The number of thiophene rings is 1. The number of carbonyl (C=O) groups is 6. The number of aromatic nitrogens is 6. The van der Waals surface area contributed by atoms with Crippen LogP contribution in [0.15, 0.2) is 127 Å². The molecule has 2 aromatic carbocycles. The highest BCUT2D eigenvalue weighted by Crippen LogP contribution is 2.18. The molecule has 0 saturated heterocycles. The summed E-state index contributed by atoms with van der Waals surface area (Å²) in [5.41, 5.74) is 4.97. The molecule has 7 rings (SSSR count). The number of hydrogen-bond acceptors (Lipinski definition) is 20. The summed E-state index contributed by atoms with van der Waals surface area (Å²) in [7, 11) is 2.40. The molecule has 5 heterocycles. The van der Waals surface area contributed by atoms with Crippen molar-refractivity contribution in [2.45, 2.75) is 79.4 Å². The van der Waals surface area contributed by atoms with Crippen LogP contribution in [0.3, 0.4) is 0 Å². The van der Waals surface area contributed by atoms with E-state index in [1.54, 1.807) is 72.0 Å². The highest BCUT2D eigenvalue weighted by molar-refractivity contribution is 7.12. The first kappa shape index (κ1) is 65.1. The van der Waals surface area contributed by atoms with Crippen LogP contribution in [0.1, 0.15) is 96.4 Å². The van der Waals surface area contributed by atoms with Gasteiger partial charge in [0.2, 0.25) is 23.7 Å². The molecule has 0 radical (unpaired) electrons. The molecule has 6 N–H and O–H groups in total. The highest BCUT2D eigenvalue weighted by Gasteiger charge is 2.28. The first-order valence-corrected chi connectivity index (χ1v) is 28.0. The summed E-state index contributed by atoms with van der Waals surface area (Å²) in [6.07, 6.45) is 6.73. The Morgan fingerprint density at radius 2 is 0.953 bits per heavy atom. The monoisotopic (exact) mass is 1190 g/mol. The lowest BCUT2D eigenvalue weighted by Crippen LogP contribution is -2.50. The standard InChI is InChI=1S/C31H38N6O6.C31H32N6O5S/c1-20-26(27(38)37-24(28(39)41-6)18-33-30(40)43-31(3,4)5)21(2)35-29(34-20)32-17-11-15-23-14-10-16-25(36-23)42-19-22-12-8-7-9-13-22;1-20-27(29(39)37-24(30(40)41-3)18-33-28(38)25-14-9-17-43-25)21(2)35-31(34-20)32-16-8-13-23-12-7-15-26(36-23)42-19-22-10-5-4-6-11-22/h7-16,24H,17-19H2,1-6H3,(H,33,40)(H,37,38)(H,32,34,35);4-15,17,24H,16,18-19H2,1-3H3,(H,33,38)(H,37,39)(H,32,34,35)/b15-11+;13-8+/t2*24-/m00/s1. The van der Waals surface area contributed by atoms with Gasteiger partial charge < -0.3 is 55.6 Å². The second-order valence-electron chi connectivity index (χ2n) is 19.8. The van der Waals surface area contributed by atoms with Gasteiger partial charge in [-0.1, -0.05) is 91.0 Å². The number of nitrogens with one attached hydrogen (secondary N) is 6. The van der Waals surface area contributed by atoms with Crippen LogP contribution in [0.4, 0.5) is 16.7 Å². The number of anilines is 2. The van der Waals surface area contributed by atoms with Gasteiger partial charge in [-0.3, -0.25) is 14.4 Å². The number of alkyl carbamates (subject to hydrolysis) is 1. The molecule has 0 spiro atoms. The van der Waals surface area contributed by atoms with Crippen molar-refractivity contribution < 1.29 is 52.5 Å². The summed E-state index contributed by atoms with van der Waals surface area (Å²) < 4.78 is 26.4. The molecule has 2 atom stereocenters. The van der Waals surface area contributed by atoms with Crippen LogP contribution in [0.2, 0.25) is 0 Å². The minimum absolute atomic E-state index is 0.142. The zero-order valence-electron chi connectivity index (χ0n) is 49.3. The molecule has 0 unspecified atom stereocenters. The number of benzene rings is 2. The van der Waals surface area contributed by atoms with Crippen molar-refractivity contribution in [1.29, 1.82) is 0 Å². The van der Waals surface area contributed by atoms with Gasteiger partial charge in [0.1, 0.15) is 30.9 Å². The Morgan fingerprint density at radius 3 is 1.35 bits per heavy atom. The average molecular weight is 1190 g/mol. The Morgan fingerprint density at radius 1 is 0.523 bits per heavy atom. The van der Waals surface area contributed by atoms with Crippen molar-refractivity contribution >= 4 is 71.1 Å². The van der Waals surface area contributed by atoms with E-state index in [1.807, 2.05) is 115 Å². The normalized spacial score (nSPS) is 11.7. The fourth-order valence-electron chi connectivity index (χ4n) is 7.90. The number of aryl methyl sites for hydroxylation is 4. The van der Waals surface area contributed by atoms with Crippen molar-refractivity contribution in [3.8, 4) is 11.8 Å². The maximum absolute atomic E-state index is 13.1. The topological polar surface area (TPSA) is 298 Å². The molecular weight excluding hydrogens is 1120 g/mol. The van der Waals surface area contributed by atoms with E-state index in [2.05, 4.69) is 61.8 Å². The summed E-state index contributed by atoms with van der Waals surface area (Å²) in [6, 6.07) is 32.0. The van der Waals surface area contributed by atoms with Gasteiger partial charge in [-0.15, -0.1) is 11.3 Å². The number of amides is 4.